The second-order valence-corrected chi connectivity index (χ2v) is 2.46. The third-order valence-corrected chi connectivity index (χ3v) is 0.556. The van der Waals surface area contributed by atoms with Crippen molar-refractivity contribution in [2.24, 2.45) is 0 Å². The van der Waals surface area contributed by atoms with E-state index in [0.717, 1.165) is 0 Å². The van der Waals surface area contributed by atoms with Crippen molar-refractivity contribution in [1.82, 2.24) is 0 Å². The Morgan fingerprint density at radius 1 is 1.00 bits per heavy atom. The Kier molecular flexibility index (Phi) is 11.1. The van der Waals surface area contributed by atoms with E-state index in [-0.39, 0.29) is 17.1 Å². The predicted octanol–water partition coefficient (Wildman–Crippen LogP) is 3.02. The summed E-state index contributed by atoms with van der Waals surface area (Å²) in [5, 5.41) is 0. The molecule has 57 valence electrons. The molecule has 0 fully saturated rings. The Labute approximate surface area is 74.5 Å². The number of hydrogen-bond donors (Lipinski definition) is 0. The molecule has 0 saturated heterocycles. The Hall–Kier alpha value is -0.131. The minimum atomic E-state index is 0. The van der Waals surface area contributed by atoms with Crippen molar-refractivity contribution in [1.29, 1.82) is 0 Å². The van der Waals surface area contributed by atoms with Crippen molar-refractivity contribution >= 4 is 0 Å². The summed E-state index contributed by atoms with van der Waals surface area (Å²) in [5.41, 5.74) is 0. The molecular formula is C9H14Mn. The van der Waals surface area contributed by atoms with E-state index in [1.54, 1.807) is 0 Å². The van der Waals surface area contributed by atoms with Gasteiger partial charge >= 0.3 is 17.1 Å². The first-order valence-corrected chi connectivity index (χ1v) is 3.17. The largest absolute Gasteiger partial charge is 2.00 e. The van der Waals surface area contributed by atoms with Crippen LogP contribution in [-0.2, 0) is 17.1 Å². The molecule has 0 aliphatic carbocycles. The molecule has 0 spiro atoms. The predicted molar refractivity (Wildman–Crippen MR) is 42.3 cm³/mol. The molecule has 1 heteroatoms. The molecule has 0 atom stereocenters. The smallest absolute Gasteiger partial charge is 0.323 e. The van der Waals surface area contributed by atoms with Crippen LogP contribution in [0.2, 0.25) is 0 Å². The van der Waals surface area contributed by atoms with Gasteiger partial charge in [0.2, 0.25) is 0 Å². The Morgan fingerprint density at radius 3 is 1.40 bits per heavy atom. The molecule has 10 heavy (non-hydrogen) atoms. The molecule has 0 aliphatic rings. The zero-order valence-corrected chi connectivity index (χ0v) is 7.95. The van der Waals surface area contributed by atoms with Gasteiger partial charge in [0.25, 0.3) is 0 Å². The first-order chi connectivity index (χ1) is 4.23. The first kappa shape index (κ1) is 12.5. The van der Waals surface area contributed by atoms with Gasteiger partial charge in [-0.3, -0.25) is 0 Å². The van der Waals surface area contributed by atoms with Crippen molar-refractivity contribution in [3.8, 4) is 0 Å². The minimum absolute atomic E-state index is 0. The van der Waals surface area contributed by atoms with Crippen molar-refractivity contribution in [2.75, 3.05) is 0 Å². The van der Waals surface area contributed by atoms with Crippen LogP contribution >= 0.6 is 0 Å². The van der Waals surface area contributed by atoms with Gasteiger partial charge in [-0.2, -0.15) is 39.0 Å². The fraction of sp³-hybridized carbons (Fsp3) is 0.333. The molecule has 1 radical (unpaired) electrons. The van der Waals surface area contributed by atoms with Gasteiger partial charge in [0, 0.05) is 0 Å². The molecule has 0 nitrogen and oxygen atoms in total. The van der Waals surface area contributed by atoms with Gasteiger partial charge in [-0.15, -0.1) is 0 Å². The molecule has 1 rings (SSSR count). The maximum Gasteiger partial charge on any atom is 2.00 e. The van der Waals surface area contributed by atoms with E-state index in [0.29, 0.717) is 0 Å². The van der Waals surface area contributed by atoms with Crippen LogP contribution in [0.3, 0.4) is 0 Å². The molecule has 1 aromatic rings. The average Bonchev–Trinajstić information content (AvgIpc) is 2.11. The van der Waals surface area contributed by atoms with E-state index in [2.05, 4.69) is 20.8 Å². The van der Waals surface area contributed by atoms with Crippen LogP contribution in [0.15, 0.2) is 30.3 Å². The molecule has 0 aromatic heterocycles. The summed E-state index contributed by atoms with van der Waals surface area (Å²) in [6.07, 6.45) is 0. The Bertz CT molecular complexity index is 88.3. The van der Waals surface area contributed by atoms with Crippen molar-refractivity contribution in [3.63, 3.8) is 0 Å². The first-order valence-electron chi connectivity index (χ1n) is 3.17. The minimum Gasteiger partial charge on any atom is -0.323 e. The molecule has 0 bridgehead atoms. The van der Waals surface area contributed by atoms with Crippen LogP contribution in [0.1, 0.15) is 20.8 Å². The van der Waals surface area contributed by atoms with Crippen LogP contribution in [0.4, 0.5) is 0 Å². The van der Waals surface area contributed by atoms with E-state index in [1.165, 1.54) is 5.92 Å². The summed E-state index contributed by atoms with van der Waals surface area (Å²) >= 11 is 0. The molecule has 0 heterocycles. The van der Waals surface area contributed by atoms with Crippen molar-refractivity contribution in [2.45, 2.75) is 20.8 Å². The fourth-order valence-electron chi connectivity index (χ4n) is 0.321. The molecule has 0 amide bonds. The van der Waals surface area contributed by atoms with Crippen LogP contribution in [0.25, 0.3) is 0 Å². The Balaban J connectivity index is 0. The summed E-state index contributed by atoms with van der Waals surface area (Å²) in [6.45, 7) is 6.25. The quantitative estimate of drug-likeness (QED) is 0.422. The molecule has 0 aliphatic heterocycles. The maximum absolute atomic E-state index is 2.08. The van der Waals surface area contributed by atoms with E-state index >= 15 is 0 Å². The maximum atomic E-state index is 2.08. The van der Waals surface area contributed by atoms with Gasteiger partial charge in [-0.05, 0) is 0 Å². The van der Waals surface area contributed by atoms with Gasteiger partial charge in [0.1, 0.15) is 0 Å². The van der Waals surface area contributed by atoms with Gasteiger partial charge in [-0.1, -0.05) is 0 Å². The van der Waals surface area contributed by atoms with Crippen LogP contribution < -0.4 is 0 Å². The summed E-state index contributed by atoms with van der Waals surface area (Å²) in [4.78, 5) is 0. The van der Waals surface area contributed by atoms with Crippen LogP contribution in [0, 0.1) is 5.92 Å². The summed E-state index contributed by atoms with van der Waals surface area (Å²) < 4.78 is 0. The van der Waals surface area contributed by atoms with Crippen molar-refractivity contribution < 1.29 is 17.1 Å². The van der Waals surface area contributed by atoms with E-state index in [9.17, 15) is 0 Å². The van der Waals surface area contributed by atoms with Crippen molar-refractivity contribution in [3.05, 3.63) is 36.2 Å². The van der Waals surface area contributed by atoms with Crippen LogP contribution in [0.5, 0.6) is 0 Å². The molecule has 0 saturated carbocycles. The van der Waals surface area contributed by atoms with Crippen LogP contribution in [-0.4, -0.2) is 0 Å². The van der Waals surface area contributed by atoms with E-state index in [4.69, 9.17) is 0 Å². The number of rotatable bonds is 0. The second-order valence-electron chi connectivity index (χ2n) is 2.46. The summed E-state index contributed by atoms with van der Waals surface area (Å²) in [7, 11) is 0. The zero-order valence-electron chi connectivity index (χ0n) is 6.76. The molecule has 0 unspecified atom stereocenters. The monoisotopic (exact) mass is 177 g/mol. The standard InChI is InChI=1S/C5H5.C4H9.Mn/c1-2-4-5-3-1;1-4(2)3;/h1-5H;1-3H3;/q2*-1;+2. The molecule has 1 aromatic carbocycles. The van der Waals surface area contributed by atoms with Gasteiger partial charge < -0.3 is 5.92 Å². The average molecular weight is 177 g/mol. The van der Waals surface area contributed by atoms with E-state index < -0.39 is 0 Å². The van der Waals surface area contributed by atoms with Gasteiger partial charge in [0.15, 0.2) is 0 Å². The van der Waals surface area contributed by atoms with Gasteiger partial charge in [0.05, 0.1) is 0 Å². The third-order valence-electron chi connectivity index (χ3n) is 0.556. The van der Waals surface area contributed by atoms with Gasteiger partial charge in [-0.25, -0.2) is 12.1 Å². The Morgan fingerprint density at radius 2 is 1.30 bits per heavy atom. The topological polar surface area (TPSA) is 0 Å². The van der Waals surface area contributed by atoms with E-state index in [1.807, 2.05) is 30.3 Å². The normalized spacial score (nSPS) is 7.60. The fourth-order valence-corrected chi connectivity index (χ4v) is 0.321. The summed E-state index contributed by atoms with van der Waals surface area (Å²) in [6, 6.07) is 10.0. The third kappa shape index (κ3) is 15.7. The molecular weight excluding hydrogens is 163 g/mol. The second kappa shape index (κ2) is 8.87. The zero-order chi connectivity index (χ0) is 7.11. The summed E-state index contributed by atoms with van der Waals surface area (Å²) in [5.74, 6) is 1.42. The SMILES string of the molecule is C[C-](C)C.[Mn+2].c1cc[cH-]c1. The number of hydrogen-bond acceptors (Lipinski definition) is 0. The molecule has 0 N–H and O–H groups in total.